The summed E-state index contributed by atoms with van der Waals surface area (Å²) in [5.41, 5.74) is 0. The van der Waals surface area contributed by atoms with Gasteiger partial charge in [0.15, 0.2) is 5.78 Å². The van der Waals surface area contributed by atoms with E-state index in [0.717, 1.165) is 11.4 Å². The summed E-state index contributed by atoms with van der Waals surface area (Å²) in [7, 11) is 0. The maximum atomic E-state index is 12.0. The van der Waals surface area contributed by atoms with Gasteiger partial charge in [-0.25, -0.2) is 0 Å². The van der Waals surface area contributed by atoms with Crippen LogP contribution in [0.15, 0.2) is 17.5 Å². The molecule has 0 fully saturated rings. The molecule has 90 valence electrons. The van der Waals surface area contributed by atoms with Crippen LogP contribution in [0, 0.1) is 5.92 Å². The van der Waals surface area contributed by atoms with Crippen molar-refractivity contribution in [1.82, 2.24) is 4.90 Å². The molecule has 0 aliphatic heterocycles. The number of carbonyl (C=O) groups is 1. The second-order valence-electron chi connectivity index (χ2n) is 4.82. The van der Waals surface area contributed by atoms with Crippen LogP contribution in [0.25, 0.3) is 0 Å². The van der Waals surface area contributed by atoms with E-state index in [2.05, 4.69) is 32.6 Å². The van der Waals surface area contributed by atoms with E-state index in [1.165, 1.54) is 11.3 Å². The Bertz CT molecular complexity index is 317. The third-order valence-electron chi connectivity index (χ3n) is 2.47. The molecule has 0 aromatic carbocycles. The van der Waals surface area contributed by atoms with Crippen molar-refractivity contribution in [2.24, 2.45) is 5.92 Å². The van der Waals surface area contributed by atoms with Crippen LogP contribution in [0.3, 0.4) is 0 Å². The first kappa shape index (κ1) is 13.4. The highest BCUT2D eigenvalue weighted by molar-refractivity contribution is 7.12. The smallest absolute Gasteiger partial charge is 0.186 e. The van der Waals surface area contributed by atoms with Gasteiger partial charge in [0, 0.05) is 12.6 Å². The van der Waals surface area contributed by atoms with Gasteiger partial charge in [0.1, 0.15) is 0 Å². The zero-order valence-electron chi connectivity index (χ0n) is 10.6. The lowest BCUT2D eigenvalue weighted by atomic mass is 10.1. The third-order valence-corrected chi connectivity index (χ3v) is 3.38. The molecule has 0 amide bonds. The molecule has 0 atom stereocenters. The average molecular weight is 239 g/mol. The van der Waals surface area contributed by atoms with Gasteiger partial charge in [0.2, 0.25) is 0 Å². The van der Waals surface area contributed by atoms with Gasteiger partial charge in [0.25, 0.3) is 0 Å². The predicted molar refractivity (Wildman–Crippen MR) is 70.2 cm³/mol. The van der Waals surface area contributed by atoms with E-state index in [1.807, 2.05) is 17.5 Å². The van der Waals surface area contributed by atoms with E-state index in [1.54, 1.807) is 0 Å². The highest BCUT2D eigenvalue weighted by Gasteiger charge is 2.16. The molecule has 1 rings (SSSR count). The molecule has 16 heavy (non-hydrogen) atoms. The van der Waals surface area contributed by atoms with Gasteiger partial charge in [-0.2, -0.15) is 0 Å². The Kier molecular flexibility index (Phi) is 5.16. The average Bonchev–Trinajstić information content (AvgIpc) is 2.68. The van der Waals surface area contributed by atoms with Crippen molar-refractivity contribution in [2.75, 3.05) is 13.1 Å². The van der Waals surface area contributed by atoms with Crippen LogP contribution >= 0.6 is 11.3 Å². The molecule has 0 radical (unpaired) electrons. The zero-order chi connectivity index (χ0) is 12.1. The maximum Gasteiger partial charge on any atom is 0.186 e. The van der Waals surface area contributed by atoms with E-state index >= 15 is 0 Å². The first-order valence-corrected chi connectivity index (χ1v) is 6.69. The molecule has 0 saturated carbocycles. The Labute approximate surface area is 102 Å². The Morgan fingerprint density at radius 2 is 2.06 bits per heavy atom. The standard InChI is InChI=1S/C13H21NOS/c1-10(2)8-14(11(3)4)9-12(15)13-6-5-7-16-13/h5-7,10-11H,8-9H2,1-4H3. The normalized spacial score (nSPS) is 11.7. The van der Waals surface area contributed by atoms with Crippen molar-refractivity contribution < 1.29 is 4.79 Å². The lowest BCUT2D eigenvalue weighted by molar-refractivity contribution is 0.0897. The minimum atomic E-state index is 0.240. The molecule has 3 heteroatoms. The number of rotatable bonds is 6. The maximum absolute atomic E-state index is 12.0. The highest BCUT2D eigenvalue weighted by Crippen LogP contribution is 2.12. The van der Waals surface area contributed by atoms with E-state index in [4.69, 9.17) is 0 Å². The first-order chi connectivity index (χ1) is 7.50. The van der Waals surface area contributed by atoms with E-state index in [9.17, 15) is 4.79 Å². The minimum Gasteiger partial charge on any atom is -0.293 e. The molecule has 0 aliphatic carbocycles. The van der Waals surface area contributed by atoms with E-state index < -0.39 is 0 Å². The van der Waals surface area contributed by atoms with Crippen LogP contribution in [-0.2, 0) is 0 Å². The van der Waals surface area contributed by atoms with Gasteiger partial charge in [-0.05, 0) is 31.2 Å². The van der Waals surface area contributed by atoms with E-state index in [-0.39, 0.29) is 5.78 Å². The first-order valence-electron chi connectivity index (χ1n) is 5.81. The molecule has 0 spiro atoms. The van der Waals surface area contributed by atoms with Crippen molar-refractivity contribution in [3.63, 3.8) is 0 Å². The fraction of sp³-hybridized carbons (Fsp3) is 0.615. The van der Waals surface area contributed by atoms with E-state index in [0.29, 0.717) is 18.5 Å². The molecule has 0 unspecified atom stereocenters. The predicted octanol–water partition coefficient (Wildman–Crippen LogP) is 3.30. The Morgan fingerprint density at radius 1 is 1.38 bits per heavy atom. The fourth-order valence-corrected chi connectivity index (χ4v) is 2.28. The molecule has 1 aromatic heterocycles. The summed E-state index contributed by atoms with van der Waals surface area (Å²) in [5, 5.41) is 1.95. The number of carbonyl (C=O) groups excluding carboxylic acids is 1. The van der Waals surface area contributed by atoms with Gasteiger partial charge in [-0.1, -0.05) is 19.9 Å². The second-order valence-corrected chi connectivity index (χ2v) is 5.77. The molecule has 0 bridgehead atoms. The highest BCUT2D eigenvalue weighted by atomic mass is 32.1. The summed E-state index contributed by atoms with van der Waals surface area (Å²) in [6.07, 6.45) is 0. The minimum absolute atomic E-state index is 0.240. The Morgan fingerprint density at radius 3 is 2.50 bits per heavy atom. The number of hydrogen-bond donors (Lipinski definition) is 0. The van der Waals surface area contributed by atoms with Gasteiger partial charge in [0.05, 0.1) is 11.4 Å². The molecule has 2 nitrogen and oxygen atoms in total. The molecule has 1 aromatic rings. The number of hydrogen-bond acceptors (Lipinski definition) is 3. The lowest BCUT2D eigenvalue weighted by Crippen LogP contribution is -2.38. The van der Waals surface area contributed by atoms with Gasteiger partial charge in [-0.3, -0.25) is 9.69 Å². The summed E-state index contributed by atoms with van der Waals surface area (Å²) in [4.78, 5) is 15.1. The van der Waals surface area contributed by atoms with Crippen LogP contribution in [0.1, 0.15) is 37.4 Å². The Hall–Kier alpha value is -0.670. The van der Waals surface area contributed by atoms with Crippen LogP contribution in [0.4, 0.5) is 0 Å². The van der Waals surface area contributed by atoms with Crippen LogP contribution in [0.5, 0.6) is 0 Å². The SMILES string of the molecule is CC(C)CN(CC(=O)c1cccs1)C(C)C. The van der Waals surface area contributed by atoms with Crippen LogP contribution in [-0.4, -0.2) is 29.8 Å². The van der Waals surface area contributed by atoms with Crippen LogP contribution < -0.4 is 0 Å². The van der Waals surface area contributed by atoms with Crippen molar-refractivity contribution in [1.29, 1.82) is 0 Å². The number of Topliss-reactive ketones (excluding diaryl/α,β-unsaturated/α-hetero) is 1. The summed E-state index contributed by atoms with van der Waals surface area (Å²) in [6.45, 7) is 10.2. The number of ketones is 1. The number of nitrogens with zero attached hydrogens (tertiary/aromatic N) is 1. The van der Waals surface area contributed by atoms with Crippen molar-refractivity contribution in [3.05, 3.63) is 22.4 Å². The quantitative estimate of drug-likeness (QED) is 0.710. The molecule has 1 heterocycles. The summed E-state index contributed by atoms with van der Waals surface area (Å²) in [6, 6.07) is 4.26. The number of thiophene rings is 1. The summed E-state index contributed by atoms with van der Waals surface area (Å²) < 4.78 is 0. The van der Waals surface area contributed by atoms with Gasteiger partial charge < -0.3 is 0 Å². The van der Waals surface area contributed by atoms with Gasteiger partial charge >= 0.3 is 0 Å². The zero-order valence-corrected chi connectivity index (χ0v) is 11.4. The van der Waals surface area contributed by atoms with Crippen molar-refractivity contribution >= 4 is 17.1 Å². The largest absolute Gasteiger partial charge is 0.293 e. The summed E-state index contributed by atoms with van der Waals surface area (Å²) in [5.74, 6) is 0.836. The second kappa shape index (κ2) is 6.16. The van der Waals surface area contributed by atoms with Crippen molar-refractivity contribution in [2.45, 2.75) is 33.7 Å². The molecular weight excluding hydrogens is 218 g/mol. The Balaban J connectivity index is 2.58. The molecule has 0 N–H and O–H groups in total. The topological polar surface area (TPSA) is 20.3 Å². The monoisotopic (exact) mass is 239 g/mol. The summed E-state index contributed by atoms with van der Waals surface area (Å²) >= 11 is 1.53. The molecular formula is C13H21NOS. The van der Waals surface area contributed by atoms with Crippen molar-refractivity contribution in [3.8, 4) is 0 Å². The molecule has 0 saturated heterocycles. The lowest BCUT2D eigenvalue weighted by Gasteiger charge is -2.27. The van der Waals surface area contributed by atoms with Gasteiger partial charge in [-0.15, -0.1) is 11.3 Å². The third kappa shape index (κ3) is 4.06. The fourth-order valence-electron chi connectivity index (χ4n) is 1.63. The van der Waals surface area contributed by atoms with Crippen LogP contribution in [0.2, 0.25) is 0 Å². The molecule has 0 aliphatic rings.